The fraction of sp³-hybridized carbons (Fsp3) is 0.267. The van der Waals surface area contributed by atoms with Gasteiger partial charge in [-0.15, -0.1) is 0 Å². The summed E-state index contributed by atoms with van der Waals surface area (Å²) in [7, 11) is 0. The monoisotopic (exact) mass is 518 g/mol. The Hall–Kier alpha value is -4.46. The molecule has 0 saturated carbocycles. The number of hydrogen-bond acceptors (Lipinski definition) is 8. The van der Waals surface area contributed by atoms with Gasteiger partial charge in [0.05, 0.1) is 24.3 Å². The van der Waals surface area contributed by atoms with E-state index in [1.165, 1.54) is 13.8 Å². The van der Waals surface area contributed by atoms with E-state index in [2.05, 4.69) is 0 Å². The average molecular weight is 519 g/mol. The van der Waals surface area contributed by atoms with E-state index < -0.39 is 36.1 Å². The van der Waals surface area contributed by atoms with Crippen LogP contribution in [0.3, 0.4) is 0 Å². The lowest BCUT2D eigenvalue weighted by Crippen LogP contribution is -2.26. The van der Waals surface area contributed by atoms with Crippen LogP contribution in [0.25, 0.3) is 22.3 Å². The van der Waals surface area contributed by atoms with Crippen molar-refractivity contribution in [2.45, 2.75) is 39.9 Å². The molecule has 0 radical (unpaired) electrons. The van der Waals surface area contributed by atoms with Gasteiger partial charge in [-0.25, -0.2) is 19.2 Å². The third-order valence-electron chi connectivity index (χ3n) is 5.60. The number of rotatable bonds is 10. The van der Waals surface area contributed by atoms with E-state index in [1.54, 1.807) is 62.4 Å². The van der Waals surface area contributed by atoms with Crippen LogP contribution in [0.2, 0.25) is 0 Å². The van der Waals surface area contributed by atoms with Crippen molar-refractivity contribution in [2.75, 3.05) is 13.2 Å². The molecule has 0 amide bonds. The zero-order chi connectivity index (χ0) is 27.7. The number of hydrogen-bond donors (Lipinski definition) is 0. The van der Waals surface area contributed by atoms with Crippen molar-refractivity contribution in [1.29, 1.82) is 0 Å². The summed E-state index contributed by atoms with van der Waals surface area (Å²) in [5.74, 6) is -2.38. The molecule has 0 aliphatic carbocycles. The van der Waals surface area contributed by atoms with Crippen LogP contribution in [0.15, 0.2) is 72.8 Å². The highest BCUT2D eigenvalue weighted by atomic mass is 16.6. The molecule has 0 bridgehead atoms. The van der Waals surface area contributed by atoms with Crippen molar-refractivity contribution < 1.29 is 38.1 Å². The lowest BCUT2D eigenvalue weighted by Gasteiger charge is -2.12. The van der Waals surface area contributed by atoms with Gasteiger partial charge in [0.1, 0.15) is 0 Å². The smallest absolute Gasteiger partial charge is 0.347 e. The third-order valence-corrected chi connectivity index (χ3v) is 5.60. The highest BCUT2D eigenvalue weighted by Crippen LogP contribution is 2.26. The SMILES string of the molecule is CCOC(=O)[C@H](C)OC(=O)c1ccc(-c2ccc(-c3ccc(C(=O)O[C@@H](C)C(=O)OCC)cc3)cc2)cc1. The Bertz CT molecular complexity index is 1160. The summed E-state index contributed by atoms with van der Waals surface area (Å²) in [6, 6.07) is 21.6. The Labute approximate surface area is 221 Å². The molecule has 198 valence electrons. The molecule has 0 aliphatic rings. The molecule has 0 aromatic heterocycles. The Morgan fingerprint density at radius 3 is 1.05 bits per heavy atom. The molecule has 0 N–H and O–H groups in total. The molecular formula is C30H30O8. The predicted molar refractivity (Wildman–Crippen MR) is 140 cm³/mol. The largest absolute Gasteiger partial charge is 0.463 e. The van der Waals surface area contributed by atoms with Gasteiger partial charge in [0, 0.05) is 0 Å². The molecule has 0 fully saturated rings. The molecule has 0 saturated heterocycles. The van der Waals surface area contributed by atoms with Gasteiger partial charge in [0.25, 0.3) is 0 Å². The van der Waals surface area contributed by atoms with E-state index in [-0.39, 0.29) is 13.2 Å². The molecule has 8 heteroatoms. The molecule has 0 unspecified atom stereocenters. The second-order valence-corrected chi connectivity index (χ2v) is 8.33. The van der Waals surface area contributed by atoms with Crippen molar-refractivity contribution in [1.82, 2.24) is 0 Å². The maximum atomic E-state index is 12.3. The molecular weight excluding hydrogens is 488 g/mol. The van der Waals surface area contributed by atoms with Gasteiger partial charge in [-0.2, -0.15) is 0 Å². The van der Waals surface area contributed by atoms with Crippen molar-refractivity contribution in [3.05, 3.63) is 83.9 Å². The van der Waals surface area contributed by atoms with Crippen molar-refractivity contribution in [3.63, 3.8) is 0 Å². The van der Waals surface area contributed by atoms with Crippen LogP contribution in [0.4, 0.5) is 0 Å². The minimum Gasteiger partial charge on any atom is -0.463 e. The van der Waals surface area contributed by atoms with E-state index in [0.29, 0.717) is 11.1 Å². The predicted octanol–water partition coefficient (Wildman–Crippen LogP) is 5.24. The van der Waals surface area contributed by atoms with Gasteiger partial charge in [-0.1, -0.05) is 48.5 Å². The number of carbonyl (C=O) groups is 4. The molecule has 3 aromatic carbocycles. The minimum absolute atomic E-state index is 0.214. The van der Waals surface area contributed by atoms with Crippen LogP contribution in [0, 0.1) is 0 Å². The summed E-state index contributed by atoms with van der Waals surface area (Å²) in [4.78, 5) is 48.0. The fourth-order valence-corrected chi connectivity index (χ4v) is 3.53. The topological polar surface area (TPSA) is 105 Å². The van der Waals surface area contributed by atoms with Crippen LogP contribution >= 0.6 is 0 Å². The fourth-order valence-electron chi connectivity index (χ4n) is 3.53. The van der Waals surface area contributed by atoms with Crippen molar-refractivity contribution in [3.8, 4) is 22.3 Å². The molecule has 8 nitrogen and oxygen atoms in total. The average Bonchev–Trinajstić information content (AvgIpc) is 2.93. The molecule has 0 aliphatic heterocycles. The Kier molecular flexibility index (Phi) is 9.76. The van der Waals surface area contributed by atoms with Crippen molar-refractivity contribution >= 4 is 23.9 Å². The summed E-state index contributed by atoms with van der Waals surface area (Å²) in [6.45, 7) is 6.74. The first-order valence-corrected chi connectivity index (χ1v) is 12.3. The maximum Gasteiger partial charge on any atom is 0.347 e. The van der Waals surface area contributed by atoms with Gasteiger partial charge < -0.3 is 18.9 Å². The van der Waals surface area contributed by atoms with Crippen molar-refractivity contribution in [2.24, 2.45) is 0 Å². The molecule has 3 aromatic rings. The number of ether oxygens (including phenoxy) is 4. The zero-order valence-electron chi connectivity index (χ0n) is 21.8. The first-order valence-electron chi connectivity index (χ1n) is 12.3. The number of carbonyl (C=O) groups excluding carboxylic acids is 4. The van der Waals surface area contributed by atoms with Crippen LogP contribution in [-0.4, -0.2) is 49.3 Å². The molecule has 0 heterocycles. The van der Waals surface area contributed by atoms with Crippen LogP contribution in [-0.2, 0) is 28.5 Å². The summed E-state index contributed by atoms with van der Waals surface area (Å²) in [5.41, 5.74) is 4.36. The van der Waals surface area contributed by atoms with Gasteiger partial charge in [-0.05, 0) is 74.2 Å². The Morgan fingerprint density at radius 2 is 0.789 bits per heavy atom. The third kappa shape index (κ3) is 7.29. The molecule has 38 heavy (non-hydrogen) atoms. The summed E-state index contributed by atoms with van der Waals surface area (Å²) < 4.78 is 20.0. The van der Waals surface area contributed by atoms with Gasteiger partial charge in [0.2, 0.25) is 0 Å². The Morgan fingerprint density at radius 1 is 0.526 bits per heavy atom. The van der Waals surface area contributed by atoms with E-state index in [9.17, 15) is 19.2 Å². The highest BCUT2D eigenvalue weighted by molar-refractivity contribution is 5.93. The molecule has 3 rings (SSSR count). The standard InChI is InChI=1S/C30H30O8/c1-5-35-27(31)19(3)37-29(33)25-15-11-23(12-16-25)21-7-9-22(10-8-21)24-13-17-26(18-14-24)30(34)38-20(4)28(32)36-6-2/h7-20H,5-6H2,1-4H3/t19-,20-/m0/s1. The number of esters is 4. The van der Waals surface area contributed by atoms with Gasteiger partial charge >= 0.3 is 23.9 Å². The van der Waals surface area contributed by atoms with Crippen LogP contribution in [0.5, 0.6) is 0 Å². The van der Waals surface area contributed by atoms with E-state index in [0.717, 1.165) is 22.3 Å². The second kappa shape index (κ2) is 13.2. The normalized spacial score (nSPS) is 12.1. The quantitative estimate of drug-likeness (QED) is 0.265. The zero-order valence-corrected chi connectivity index (χ0v) is 21.8. The van der Waals surface area contributed by atoms with Gasteiger partial charge in [-0.3, -0.25) is 0 Å². The maximum absolute atomic E-state index is 12.3. The minimum atomic E-state index is -0.984. The first-order chi connectivity index (χ1) is 18.2. The van der Waals surface area contributed by atoms with E-state index >= 15 is 0 Å². The summed E-state index contributed by atoms with van der Waals surface area (Å²) in [6.07, 6.45) is -1.97. The van der Waals surface area contributed by atoms with Crippen LogP contribution in [0.1, 0.15) is 48.4 Å². The molecule has 2 atom stereocenters. The van der Waals surface area contributed by atoms with Gasteiger partial charge in [0.15, 0.2) is 12.2 Å². The van der Waals surface area contributed by atoms with E-state index in [1.807, 2.05) is 24.3 Å². The first kappa shape index (κ1) is 28.1. The second-order valence-electron chi connectivity index (χ2n) is 8.33. The summed E-state index contributed by atoms with van der Waals surface area (Å²) in [5, 5.41) is 0. The van der Waals surface area contributed by atoms with E-state index in [4.69, 9.17) is 18.9 Å². The number of benzene rings is 3. The lowest BCUT2D eigenvalue weighted by atomic mass is 9.99. The highest BCUT2D eigenvalue weighted by Gasteiger charge is 2.21. The Balaban J connectivity index is 1.63. The molecule has 0 spiro atoms. The lowest BCUT2D eigenvalue weighted by molar-refractivity contribution is -0.153. The van der Waals surface area contributed by atoms with Crippen LogP contribution < -0.4 is 0 Å². The summed E-state index contributed by atoms with van der Waals surface area (Å²) >= 11 is 0.